The van der Waals surface area contributed by atoms with Crippen molar-refractivity contribution in [3.8, 4) is 0 Å². The van der Waals surface area contributed by atoms with Gasteiger partial charge in [0.25, 0.3) is 0 Å². The van der Waals surface area contributed by atoms with Gasteiger partial charge >= 0.3 is 0 Å². The minimum atomic E-state index is -4.02. The number of hydrogen-bond acceptors (Lipinski definition) is 4. The zero-order valence-electron chi connectivity index (χ0n) is 20.1. The predicted octanol–water partition coefficient (Wildman–Crippen LogP) is 3.52. The number of aryl methyl sites for hydroxylation is 1. The molecule has 3 rings (SSSR count). The summed E-state index contributed by atoms with van der Waals surface area (Å²) in [5.41, 5.74) is 1.61. The highest BCUT2D eigenvalue weighted by Crippen LogP contribution is 2.22. The summed E-state index contributed by atoms with van der Waals surface area (Å²) in [4.78, 5) is 27.8. The molecule has 0 heterocycles. The van der Waals surface area contributed by atoms with Crippen molar-refractivity contribution >= 4 is 27.5 Å². The molecule has 2 aromatic rings. The van der Waals surface area contributed by atoms with Gasteiger partial charge < -0.3 is 10.2 Å². The Kier molecular flexibility index (Phi) is 8.47. The van der Waals surface area contributed by atoms with Crippen LogP contribution in [0.1, 0.15) is 43.7 Å². The first-order valence-electron chi connectivity index (χ1n) is 11.5. The Morgan fingerprint density at radius 3 is 2.26 bits per heavy atom. The Bertz CT molecular complexity index is 1170. The molecule has 0 aliphatic heterocycles. The monoisotopic (exact) mass is 507 g/mol. The van der Waals surface area contributed by atoms with Crippen LogP contribution in [0.25, 0.3) is 0 Å². The van der Waals surface area contributed by atoms with Crippen molar-refractivity contribution in [1.82, 2.24) is 10.2 Å². The van der Waals surface area contributed by atoms with Gasteiger partial charge in [0.05, 0.1) is 11.9 Å². The minimum absolute atomic E-state index is 0.0518. The second-order valence-corrected chi connectivity index (χ2v) is 10.9. The van der Waals surface area contributed by atoms with Crippen molar-refractivity contribution in [3.63, 3.8) is 0 Å². The maximum atomic E-state index is 13.8. The lowest BCUT2D eigenvalue weighted by Gasteiger charge is -2.32. The Balaban J connectivity index is 1.88. The molecule has 2 amide bonds. The van der Waals surface area contributed by atoms with Gasteiger partial charge in [0.1, 0.15) is 12.6 Å². The van der Waals surface area contributed by atoms with E-state index in [1.54, 1.807) is 6.92 Å². The molecule has 1 aliphatic rings. The van der Waals surface area contributed by atoms with Crippen LogP contribution in [0.15, 0.2) is 42.5 Å². The van der Waals surface area contributed by atoms with E-state index in [2.05, 4.69) is 5.32 Å². The molecule has 0 radical (unpaired) electrons. The van der Waals surface area contributed by atoms with Crippen molar-refractivity contribution in [3.05, 3.63) is 65.2 Å². The third-order valence-electron chi connectivity index (χ3n) is 6.21. The minimum Gasteiger partial charge on any atom is -0.352 e. The van der Waals surface area contributed by atoms with Crippen LogP contribution >= 0.6 is 0 Å². The summed E-state index contributed by atoms with van der Waals surface area (Å²) in [7, 11) is -4.02. The average molecular weight is 508 g/mol. The van der Waals surface area contributed by atoms with Crippen molar-refractivity contribution in [2.75, 3.05) is 17.1 Å². The summed E-state index contributed by atoms with van der Waals surface area (Å²) in [6, 6.07) is 9.22. The molecule has 10 heteroatoms. The maximum absolute atomic E-state index is 13.8. The zero-order valence-corrected chi connectivity index (χ0v) is 20.9. The molecule has 1 N–H and O–H groups in total. The van der Waals surface area contributed by atoms with Crippen molar-refractivity contribution in [1.29, 1.82) is 0 Å². The van der Waals surface area contributed by atoms with Crippen LogP contribution in [0.3, 0.4) is 0 Å². The number of carbonyl (C=O) groups is 2. The highest BCUT2D eigenvalue weighted by atomic mass is 32.2. The van der Waals surface area contributed by atoms with Gasteiger partial charge in [0.15, 0.2) is 11.6 Å². The number of anilines is 1. The maximum Gasteiger partial charge on any atom is 0.244 e. The zero-order chi connectivity index (χ0) is 25.8. The number of nitrogens with one attached hydrogen (secondary N) is 1. The molecule has 2 aromatic carbocycles. The molecular weight excluding hydrogens is 476 g/mol. The topological polar surface area (TPSA) is 86.8 Å². The summed E-state index contributed by atoms with van der Waals surface area (Å²) in [6.07, 6.45) is 4.69. The summed E-state index contributed by atoms with van der Waals surface area (Å²) in [6.45, 7) is 2.93. The third-order valence-corrected chi connectivity index (χ3v) is 7.35. The third kappa shape index (κ3) is 7.00. The quantitative estimate of drug-likeness (QED) is 0.563. The van der Waals surface area contributed by atoms with E-state index in [9.17, 15) is 26.8 Å². The van der Waals surface area contributed by atoms with Crippen LogP contribution in [0.5, 0.6) is 0 Å². The SMILES string of the molecule is Cc1ccc(CN(C(=O)CN(c2ccc(F)c(F)c2)S(C)(=O)=O)[C@@H](C)C(=O)NC2CCCC2)cc1. The highest BCUT2D eigenvalue weighted by molar-refractivity contribution is 7.92. The summed E-state index contributed by atoms with van der Waals surface area (Å²) >= 11 is 0. The second-order valence-electron chi connectivity index (χ2n) is 9.04. The smallest absolute Gasteiger partial charge is 0.244 e. The molecule has 1 aliphatic carbocycles. The van der Waals surface area contributed by atoms with Gasteiger partial charge in [-0.25, -0.2) is 17.2 Å². The summed E-state index contributed by atoms with van der Waals surface area (Å²) in [5, 5.41) is 2.98. The van der Waals surface area contributed by atoms with Crippen LogP contribution < -0.4 is 9.62 Å². The summed E-state index contributed by atoms with van der Waals surface area (Å²) in [5.74, 6) is -3.33. The molecule has 1 saturated carbocycles. The number of benzene rings is 2. The standard InChI is InChI=1S/C25H31F2N3O4S/c1-17-8-10-19(11-9-17)15-29(18(2)25(32)28-20-6-4-5-7-20)24(31)16-30(35(3,33)34)21-12-13-22(26)23(27)14-21/h8-14,18,20H,4-7,15-16H2,1-3H3,(H,28,32)/t18-/m0/s1. The van der Waals surface area contributed by atoms with Crippen molar-refractivity contribution in [2.45, 2.75) is 58.2 Å². The lowest BCUT2D eigenvalue weighted by molar-refractivity contribution is -0.139. The first kappa shape index (κ1) is 26.6. The van der Waals surface area contributed by atoms with Crippen LogP contribution in [0.2, 0.25) is 0 Å². The van der Waals surface area contributed by atoms with Crippen molar-refractivity contribution in [2.24, 2.45) is 0 Å². The van der Waals surface area contributed by atoms with Gasteiger partial charge in [-0.1, -0.05) is 42.7 Å². The normalized spacial score (nSPS) is 15.0. The number of hydrogen-bond donors (Lipinski definition) is 1. The first-order chi connectivity index (χ1) is 16.5. The fourth-order valence-corrected chi connectivity index (χ4v) is 4.96. The molecule has 0 unspecified atom stereocenters. The molecule has 0 spiro atoms. The largest absolute Gasteiger partial charge is 0.352 e. The lowest BCUT2D eigenvalue weighted by Crippen LogP contribution is -2.52. The van der Waals surface area contributed by atoms with E-state index in [0.29, 0.717) is 4.31 Å². The van der Waals surface area contributed by atoms with Crippen LogP contribution in [0, 0.1) is 18.6 Å². The predicted molar refractivity (Wildman–Crippen MR) is 130 cm³/mol. The van der Waals surface area contributed by atoms with Crippen LogP contribution in [-0.4, -0.2) is 50.0 Å². The molecule has 1 atom stereocenters. The highest BCUT2D eigenvalue weighted by Gasteiger charge is 2.31. The number of carbonyl (C=O) groups excluding carboxylic acids is 2. The van der Waals surface area contributed by atoms with Gasteiger partial charge in [-0.15, -0.1) is 0 Å². The van der Waals surface area contributed by atoms with E-state index >= 15 is 0 Å². The molecule has 0 bridgehead atoms. The molecule has 35 heavy (non-hydrogen) atoms. The van der Waals surface area contributed by atoms with Gasteiger partial charge in [0.2, 0.25) is 21.8 Å². The molecule has 190 valence electrons. The van der Waals surface area contributed by atoms with Crippen LogP contribution in [0.4, 0.5) is 14.5 Å². The van der Waals surface area contributed by atoms with Crippen molar-refractivity contribution < 1.29 is 26.8 Å². The Hall–Kier alpha value is -3.01. The number of amides is 2. The Morgan fingerprint density at radius 1 is 1.06 bits per heavy atom. The Labute approximate surface area is 205 Å². The second kappa shape index (κ2) is 11.2. The number of rotatable bonds is 9. The lowest BCUT2D eigenvalue weighted by atomic mass is 10.1. The summed E-state index contributed by atoms with van der Waals surface area (Å²) < 4.78 is 52.9. The number of nitrogens with zero attached hydrogens (tertiary/aromatic N) is 2. The fraction of sp³-hybridized carbons (Fsp3) is 0.440. The van der Waals surface area contributed by atoms with Gasteiger partial charge in [0, 0.05) is 18.7 Å². The Morgan fingerprint density at radius 2 is 1.69 bits per heavy atom. The van der Waals surface area contributed by atoms with E-state index in [0.717, 1.165) is 61.3 Å². The fourth-order valence-electron chi connectivity index (χ4n) is 4.12. The molecule has 0 saturated heterocycles. The number of halogens is 2. The van der Waals surface area contributed by atoms with E-state index in [1.165, 1.54) is 4.90 Å². The van der Waals surface area contributed by atoms with E-state index < -0.39 is 40.2 Å². The van der Waals surface area contributed by atoms with Gasteiger partial charge in [-0.05, 0) is 44.4 Å². The molecule has 1 fully saturated rings. The van der Waals surface area contributed by atoms with Gasteiger partial charge in [-0.3, -0.25) is 13.9 Å². The molecule has 0 aromatic heterocycles. The van der Waals surface area contributed by atoms with E-state index in [1.807, 2.05) is 31.2 Å². The molecule has 7 nitrogen and oxygen atoms in total. The van der Waals surface area contributed by atoms with E-state index in [4.69, 9.17) is 0 Å². The first-order valence-corrected chi connectivity index (χ1v) is 13.4. The van der Waals surface area contributed by atoms with E-state index in [-0.39, 0.29) is 24.2 Å². The average Bonchev–Trinajstić information content (AvgIpc) is 3.30. The van der Waals surface area contributed by atoms with Crippen LogP contribution in [-0.2, 0) is 26.2 Å². The van der Waals surface area contributed by atoms with Gasteiger partial charge in [-0.2, -0.15) is 0 Å². The molecular formula is C25H31F2N3O4S. The number of sulfonamides is 1.